The largest absolute Gasteiger partial charge is 0.491 e. The number of carbonyl (C=O) groups excluding carboxylic acids is 1. The van der Waals surface area contributed by atoms with Gasteiger partial charge in [-0.15, -0.1) is 0 Å². The van der Waals surface area contributed by atoms with Gasteiger partial charge in [-0.3, -0.25) is 4.79 Å². The van der Waals surface area contributed by atoms with E-state index in [1.54, 1.807) is 31.2 Å². The molecule has 0 spiro atoms. The van der Waals surface area contributed by atoms with E-state index in [1.165, 1.54) is 0 Å². The molecule has 3 aromatic rings. The van der Waals surface area contributed by atoms with E-state index in [9.17, 15) is 9.90 Å². The first-order valence-corrected chi connectivity index (χ1v) is 10.3. The van der Waals surface area contributed by atoms with Gasteiger partial charge in [-0.1, -0.05) is 35.5 Å². The van der Waals surface area contributed by atoms with Crippen LogP contribution in [0.4, 0.5) is 5.69 Å². The predicted octanol–water partition coefficient (Wildman–Crippen LogP) is 3.00. The molecule has 4 N–H and O–H groups in total. The highest BCUT2D eigenvalue weighted by molar-refractivity contribution is 6.08. The number of aliphatic hydroxyl groups excluding tert-OH is 1. The van der Waals surface area contributed by atoms with E-state index in [2.05, 4.69) is 36.6 Å². The summed E-state index contributed by atoms with van der Waals surface area (Å²) in [4.78, 5) is 12.9. The number of aryl methyl sites for hydroxylation is 1. The van der Waals surface area contributed by atoms with E-state index in [1.807, 2.05) is 30.3 Å². The summed E-state index contributed by atoms with van der Waals surface area (Å²) in [6, 6.07) is 16.5. The molecule has 1 heterocycles. The standard InChI is InChI=1S/C24H29N3O4/c1-16-21(22(27-31-16)17-8-6-5-7-9-17)23(29)26-18-10-12-20(13-11-18)30-15-19(28)14-25-24(2,3)4/h5-13,19,25,28H,14-15H2,1-4H3,(H,26,29)/p+1/t19-/m1/s1. The molecule has 0 aliphatic rings. The van der Waals surface area contributed by atoms with Crippen LogP contribution >= 0.6 is 0 Å². The van der Waals surface area contributed by atoms with E-state index >= 15 is 0 Å². The fourth-order valence-corrected chi connectivity index (χ4v) is 3.01. The van der Waals surface area contributed by atoms with Crippen LogP contribution in [-0.2, 0) is 0 Å². The van der Waals surface area contributed by atoms with E-state index in [0.717, 1.165) is 5.56 Å². The average molecular weight is 425 g/mol. The molecule has 0 saturated carbocycles. The van der Waals surface area contributed by atoms with Gasteiger partial charge >= 0.3 is 0 Å². The van der Waals surface area contributed by atoms with Crippen LogP contribution in [0.25, 0.3) is 11.3 Å². The minimum absolute atomic E-state index is 0.0596. The smallest absolute Gasteiger partial charge is 0.261 e. The maximum absolute atomic E-state index is 12.9. The molecule has 0 unspecified atom stereocenters. The highest BCUT2D eigenvalue weighted by Gasteiger charge is 2.21. The third-order valence-corrected chi connectivity index (χ3v) is 4.69. The van der Waals surface area contributed by atoms with Crippen molar-refractivity contribution in [2.24, 2.45) is 0 Å². The van der Waals surface area contributed by atoms with Crippen LogP contribution in [0.15, 0.2) is 59.1 Å². The summed E-state index contributed by atoms with van der Waals surface area (Å²) in [5.41, 5.74) is 2.42. The van der Waals surface area contributed by atoms with E-state index in [-0.39, 0.29) is 18.1 Å². The number of rotatable bonds is 8. The van der Waals surface area contributed by atoms with Crippen LogP contribution in [0.5, 0.6) is 5.75 Å². The lowest BCUT2D eigenvalue weighted by molar-refractivity contribution is -0.722. The Labute approximate surface area is 182 Å². The molecule has 0 saturated heterocycles. The summed E-state index contributed by atoms with van der Waals surface area (Å²) in [7, 11) is 0. The molecule has 31 heavy (non-hydrogen) atoms. The van der Waals surface area contributed by atoms with Crippen molar-refractivity contribution in [1.29, 1.82) is 0 Å². The summed E-state index contributed by atoms with van der Waals surface area (Å²) in [5.74, 6) is 0.788. The Kier molecular flexibility index (Phi) is 7.09. The van der Waals surface area contributed by atoms with E-state index < -0.39 is 6.10 Å². The molecule has 0 bridgehead atoms. The van der Waals surface area contributed by atoms with Crippen LogP contribution in [0.1, 0.15) is 36.9 Å². The lowest BCUT2D eigenvalue weighted by atomic mass is 10.1. The van der Waals surface area contributed by atoms with Gasteiger partial charge in [0, 0.05) is 11.3 Å². The van der Waals surface area contributed by atoms with Gasteiger partial charge in [0.15, 0.2) is 0 Å². The van der Waals surface area contributed by atoms with Crippen molar-refractivity contribution in [1.82, 2.24) is 5.16 Å². The van der Waals surface area contributed by atoms with Crippen molar-refractivity contribution in [2.75, 3.05) is 18.5 Å². The van der Waals surface area contributed by atoms with Crippen LogP contribution in [-0.4, -0.2) is 41.0 Å². The molecular weight excluding hydrogens is 394 g/mol. The number of nitrogens with zero attached hydrogens (tertiary/aromatic N) is 1. The van der Waals surface area contributed by atoms with Gasteiger partial charge in [-0.25, -0.2) is 0 Å². The van der Waals surface area contributed by atoms with Crippen molar-refractivity contribution >= 4 is 11.6 Å². The Bertz CT molecular complexity index is 992. The molecule has 2 aromatic carbocycles. The lowest BCUT2D eigenvalue weighted by Crippen LogP contribution is -2.96. The predicted molar refractivity (Wildman–Crippen MR) is 119 cm³/mol. The summed E-state index contributed by atoms with van der Waals surface area (Å²) >= 11 is 0. The molecule has 164 valence electrons. The maximum atomic E-state index is 12.9. The fourth-order valence-electron chi connectivity index (χ4n) is 3.01. The van der Waals surface area contributed by atoms with Crippen LogP contribution in [0, 0.1) is 6.92 Å². The first kappa shape index (κ1) is 22.5. The average Bonchev–Trinajstić information content (AvgIpc) is 3.13. The normalized spacial score (nSPS) is 12.4. The molecular formula is C24H30N3O4+. The van der Waals surface area contributed by atoms with Crippen molar-refractivity contribution in [3.8, 4) is 17.0 Å². The number of aliphatic hydroxyl groups is 1. The number of aromatic nitrogens is 1. The van der Waals surface area contributed by atoms with Gasteiger partial charge in [0.05, 0.1) is 5.54 Å². The highest BCUT2D eigenvalue weighted by atomic mass is 16.5. The van der Waals surface area contributed by atoms with Crippen LogP contribution < -0.4 is 15.4 Å². The molecule has 0 aliphatic heterocycles. The zero-order chi connectivity index (χ0) is 22.4. The number of ether oxygens (including phenoxy) is 1. The quantitative estimate of drug-likeness (QED) is 0.516. The number of carbonyl (C=O) groups is 1. The van der Waals surface area contributed by atoms with Gasteiger partial charge in [0.25, 0.3) is 5.91 Å². The third kappa shape index (κ3) is 6.41. The van der Waals surface area contributed by atoms with Gasteiger partial charge in [0.1, 0.15) is 42.0 Å². The molecule has 7 nitrogen and oxygen atoms in total. The van der Waals surface area contributed by atoms with Crippen molar-refractivity contribution < 1.29 is 24.5 Å². The highest BCUT2D eigenvalue weighted by Crippen LogP contribution is 2.26. The summed E-state index contributed by atoms with van der Waals surface area (Å²) < 4.78 is 10.9. The molecule has 1 amide bonds. The molecule has 0 radical (unpaired) electrons. The number of nitrogens with one attached hydrogen (secondary N) is 1. The Morgan fingerprint density at radius 3 is 2.48 bits per heavy atom. The minimum atomic E-state index is -0.563. The van der Waals surface area contributed by atoms with E-state index in [4.69, 9.17) is 9.26 Å². The number of anilines is 1. The molecule has 1 aromatic heterocycles. The monoisotopic (exact) mass is 424 g/mol. The fraction of sp³-hybridized carbons (Fsp3) is 0.333. The van der Waals surface area contributed by atoms with Crippen LogP contribution in [0.3, 0.4) is 0 Å². The molecule has 1 atom stereocenters. The second-order valence-electron chi connectivity index (χ2n) is 8.58. The van der Waals surface area contributed by atoms with Gasteiger partial charge < -0.3 is 25.0 Å². The van der Waals surface area contributed by atoms with Gasteiger partial charge in [-0.2, -0.15) is 0 Å². The number of nitrogens with two attached hydrogens (primary N) is 1. The molecule has 0 fully saturated rings. The summed E-state index contributed by atoms with van der Waals surface area (Å²) in [6.07, 6.45) is -0.563. The summed E-state index contributed by atoms with van der Waals surface area (Å²) in [5, 5.41) is 19.1. The number of hydrogen-bond acceptors (Lipinski definition) is 5. The minimum Gasteiger partial charge on any atom is -0.491 e. The first-order chi connectivity index (χ1) is 14.7. The SMILES string of the molecule is Cc1onc(-c2ccccc2)c1C(=O)Nc1ccc(OC[C@H](O)C[NH2+]C(C)(C)C)cc1. The van der Waals surface area contributed by atoms with Crippen molar-refractivity contribution in [3.05, 3.63) is 65.9 Å². The molecule has 3 rings (SSSR count). The van der Waals surface area contributed by atoms with Gasteiger partial charge in [0.2, 0.25) is 0 Å². The Morgan fingerprint density at radius 1 is 1.16 bits per heavy atom. The Morgan fingerprint density at radius 2 is 1.84 bits per heavy atom. The maximum Gasteiger partial charge on any atom is 0.261 e. The topological polar surface area (TPSA) is 101 Å². The number of benzene rings is 2. The number of quaternary nitrogens is 1. The van der Waals surface area contributed by atoms with Crippen LogP contribution in [0.2, 0.25) is 0 Å². The first-order valence-electron chi connectivity index (χ1n) is 10.3. The Balaban J connectivity index is 1.59. The number of hydrogen-bond donors (Lipinski definition) is 3. The van der Waals surface area contributed by atoms with Crippen molar-refractivity contribution in [3.63, 3.8) is 0 Å². The number of amides is 1. The zero-order valence-corrected chi connectivity index (χ0v) is 18.4. The summed E-state index contributed by atoms with van der Waals surface area (Å²) in [6.45, 7) is 8.78. The zero-order valence-electron chi connectivity index (χ0n) is 18.4. The second-order valence-corrected chi connectivity index (χ2v) is 8.58. The van der Waals surface area contributed by atoms with E-state index in [0.29, 0.717) is 35.0 Å². The molecule has 7 heteroatoms. The molecule has 0 aliphatic carbocycles. The van der Waals surface area contributed by atoms with Gasteiger partial charge in [-0.05, 0) is 52.0 Å². The van der Waals surface area contributed by atoms with Crippen molar-refractivity contribution in [2.45, 2.75) is 39.3 Å². The third-order valence-electron chi connectivity index (χ3n) is 4.69. The Hall–Kier alpha value is -3.16. The lowest BCUT2D eigenvalue weighted by Gasteiger charge is -2.19. The second kappa shape index (κ2) is 9.76.